The molecule has 0 aromatic rings. The summed E-state index contributed by atoms with van der Waals surface area (Å²) >= 11 is 0. The summed E-state index contributed by atoms with van der Waals surface area (Å²) in [5.41, 5.74) is 0. The van der Waals surface area contributed by atoms with E-state index in [2.05, 4.69) is 17.1 Å². The Morgan fingerprint density at radius 3 is 2.67 bits per heavy atom. The molecular weight excluding hydrogens is 184 g/mol. The van der Waals surface area contributed by atoms with Crippen LogP contribution in [0.3, 0.4) is 0 Å². The van der Waals surface area contributed by atoms with E-state index in [0.717, 1.165) is 23.8 Å². The molecule has 2 saturated heterocycles. The second kappa shape index (κ2) is 4.06. The van der Waals surface area contributed by atoms with Crippen LogP contribution in [0.5, 0.6) is 0 Å². The normalized spacial score (nSPS) is 43.4. The van der Waals surface area contributed by atoms with Gasteiger partial charge in [-0.1, -0.05) is 13.3 Å². The molecule has 86 valence electrons. The molecule has 3 unspecified atom stereocenters. The lowest BCUT2D eigenvalue weighted by molar-refractivity contribution is 0.0280. The number of fused-ring (bicyclic) bond motifs is 1. The fourth-order valence-electron chi connectivity index (χ4n) is 3.75. The molecule has 2 heteroatoms. The lowest BCUT2D eigenvalue weighted by Gasteiger charge is -2.48. The van der Waals surface area contributed by atoms with Gasteiger partial charge in [0.25, 0.3) is 0 Å². The van der Waals surface area contributed by atoms with E-state index in [1.54, 1.807) is 0 Å². The van der Waals surface area contributed by atoms with Gasteiger partial charge in [0.15, 0.2) is 0 Å². The maximum Gasteiger partial charge on any atom is 0.0345 e. The SMILES string of the molecule is CC1CCC2CCN(C3CNC3)CC2C1. The molecule has 0 aromatic heterocycles. The minimum atomic E-state index is 0.878. The van der Waals surface area contributed by atoms with Gasteiger partial charge in [0.2, 0.25) is 0 Å². The summed E-state index contributed by atoms with van der Waals surface area (Å²) in [5, 5.41) is 3.40. The predicted molar refractivity (Wildman–Crippen MR) is 62.8 cm³/mol. The maximum absolute atomic E-state index is 3.40. The number of piperidine rings is 1. The summed E-state index contributed by atoms with van der Waals surface area (Å²) in [6, 6.07) is 0.878. The largest absolute Gasteiger partial charge is 0.314 e. The van der Waals surface area contributed by atoms with Crippen molar-refractivity contribution in [2.75, 3.05) is 26.2 Å². The van der Waals surface area contributed by atoms with E-state index in [1.807, 2.05) is 0 Å². The maximum atomic E-state index is 3.40. The molecule has 3 fully saturated rings. The lowest BCUT2D eigenvalue weighted by Crippen LogP contribution is -2.60. The molecule has 2 heterocycles. The van der Waals surface area contributed by atoms with Crippen LogP contribution in [0.4, 0.5) is 0 Å². The van der Waals surface area contributed by atoms with E-state index in [-0.39, 0.29) is 0 Å². The number of nitrogens with zero attached hydrogens (tertiary/aromatic N) is 1. The Bertz CT molecular complexity index is 225. The number of hydrogen-bond acceptors (Lipinski definition) is 2. The Kier molecular flexibility index (Phi) is 2.73. The molecule has 3 rings (SSSR count). The van der Waals surface area contributed by atoms with Crippen molar-refractivity contribution in [3.05, 3.63) is 0 Å². The van der Waals surface area contributed by atoms with Crippen LogP contribution in [0.25, 0.3) is 0 Å². The minimum absolute atomic E-state index is 0.878. The summed E-state index contributed by atoms with van der Waals surface area (Å²) in [5.74, 6) is 3.10. The molecule has 3 aliphatic rings. The van der Waals surface area contributed by atoms with Gasteiger partial charge < -0.3 is 5.32 Å². The molecule has 0 spiro atoms. The van der Waals surface area contributed by atoms with Crippen LogP contribution in [0.15, 0.2) is 0 Å². The van der Waals surface area contributed by atoms with E-state index in [0.29, 0.717) is 0 Å². The van der Waals surface area contributed by atoms with Crippen LogP contribution in [-0.2, 0) is 0 Å². The van der Waals surface area contributed by atoms with E-state index >= 15 is 0 Å². The highest BCUT2D eigenvalue weighted by atomic mass is 15.2. The monoisotopic (exact) mass is 208 g/mol. The second-order valence-electron chi connectivity index (χ2n) is 6.03. The molecule has 15 heavy (non-hydrogen) atoms. The van der Waals surface area contributed by atoms with Gasteiger partial charge in [0.1, 0.15) is 0 Å². The van der Waals surface area contributed by atoms with Crippen molar-refractivity contribution in [1.82, 2.24) is 10.2 Å². The van der Waals surface area contributed by atoms with Gasteiger partial charge in [0, 0.05) is 25.7 Å². The number of hydrogen-bond donors (Lipinski definition) is 1. The Balaban J connectivity index is 1.59. The second-order valence-corrected chi connectivity index (χ2v) is 6.03. The van der Waals surface area contributed by atoms with Gasteiger partial charge in [-0.15, -0.1) is 0 Å². The fraction of sp³-hybridized carbons (Fsp3) is 1.00. The topological polar surface area (TPSA) is 15.3 Å². The number of nitrogens with one attached hydrogen (secondary N) is 1. The van der Waals surface area contributed by atoms with Gasteiger partial charge in [-0.25, -0.2) is 0 Å². The number of rotatable bonds is 1. The van der Waals surface area contributed by atoms with Crippen molar-refractivity contribution < 1.29 is 0 Å². The van der Waals surface area contributed by atoms with Gasteiger partial charge >= 0.3 is 0 Å². The van der Waals surface area contributed by atoms with E-state index < -0.39 is 0 Å². The Morgan fingerprint density at radius 2 is 1.93 bits per heavy atom. The molecule has 0 aromatic carbocycles. The standard InChI is InChI=1S/C13H24N2/c1-10-2-3-11-4-5-15(9-12(11)6-10)13-7-14-8-13/h10-14H,2-9H2,1H3. The Morgan fingerprint density at radius 1 is 1.07 bits per heavy atom. The fourth-order valence-corrected chi connectivity index (χ4v) is 3.75. The first-order valence-corrected chi connectivity index (χ1v) is 6.77. The van der Waals surface area contributed by atoms with Crippen LogP contribution in [0.1, 0.15) is 32.6 Å². The average molecular weight is 208 g/mol. The minimum Gasteiger partial charge on any atom is -0.314 e. The van der Waals surface area contributed by atoms with Crippen molar-refractivity contribution in [2.24, 2.45) is 17.8 Å². The third-order valence-corrected chi connectivity index (χ3v) is 4.93. The molecule has 1 N–H and O–H groups in total. The molecule has 0 amide bonds. The van der Waals surface area contributed by atoms with Gasteiger partial charge in [-0.05, 0) is 43.6 Å². The van der Waals surface area contributed by atoms with Crippen LogP contribution < -0.4 is 5.32 Å². The van der Waals surface area contributed by atoms with Crippen LogP contribution in [0.2, 0.25) is 0 Å². The van der Waals surface area contributed by atoms with Crippen molar-refractivity contribution in [2.45, 2.75) is 38.6 Å². The van der Waals surface area contributed by atoms with Gasteiger partial charge in [-0.3, -0.25) is 4.90 Å². The zero-order chi connectivity index (χ0) is 10.3. The molecule has 2 nitrogen and oxygen atoms in total. The first-order chi connectivity index (χ1) is 7.33. The third kappa shape index (κ3) is 1.94. The molecule has 3 atom stereocenters. The van der Waals surface area contributed by atoms with Crippen LogP contribution in [0, 0.1) is 17.8 Å². The van der Waals surface area contributed by atoms with E-state index in [1.165, 1.54) is 51.9 Å². The predicted octanol–water partition coefficient (Wildman–Crippen LogP) is 1.72. The summed E-state index contributed by atoms with van der Waals surface area (Å²) in [4.78, 5) is 2.76. The van der Waals surface area contributed by atoms with Crippen LogP contribution in [-0.4, -0.2) is 37.1 Å². The third-order valence-electron chi connectivity index (χ3n) is 4.93. The summed E-state index contributed by atoms with van der Waals surface area (Å²) in [6.07, 6.45) is 5.99. The van der Waals surface area contributed by atoms with Crippen molar-refractivity contribution in [3.63, 3.8) is 0 Å². The first-order valence-electron chi connectivity index (χ1n) is 6.77. The zero-order valence-electron chi connectivity index (χ0n) is 9.91. The Hall–Kier alpha value is -0.0800. The van der Waals surface area contributed by atoms with Gasteiger partial charge in [0.05, 0.1) is 0 Å². The zero-order valence-corrected chi connectivity index (χ0v) is 9.91. The summed E-state index contributed by atoms with van der Waals surface area (Å²) in [7, 11) is 0. The highest BCUT2D eigenvalue weighted by molar-refractivity contribution is 4.92. The average Bonchev–Trinajstić information content (AvgIpc) is 2.14. The van der Waals surface area contributed by atoms with Gasteiger partial charge in [-0.2, -0.15) is 0 Å². The van der Waals surface area contributed by atoms with Crippen molar-refractivity contribution in [1.29, 1.82) is 0 Å². The highest BCUT2D eigenvalue weighted by Gasteiger charge is 2.36. The summed E-state index contributed by atoms with van der Waals surface area (Å²) < 4.78 is 0. The molecule has 0 bridgehead atoms. The highest BCUT2D eigenvalue weighted by Crippen LogP contribution is 2.39. The Labute approximate surface area is 93.4 Å². The molecule has 1 saturated carbocycles. The molecular formula is C13H24N2. The lowest BCUT2D eigenvalue weighted by atomic mass is 9.71. The van der Waals surface area contributed by atoms with Crippen LogP contribution >= 0.6 is 0 Å². The van der Waals surface area contributed by atoms with E-state index in [9.17, 15) is 0 Å². The first kappa shape index (κ1) is 10.1. The van der Waals surface area contributed by atoms with Crippen molar-refractivity contribution in [3.8, 4) is 0 Å². The summed E-state index contributed by atoms with van der Waals surface area (Å²) in [6.45, 7) is 7.71. The molecule has 2 aliphatic heterocycles. The quantitative estimate of drug-likeness (QED) is 0.706. The van der Waals surface area contributed by atoms with Crippen molar-refractivity contribution >= 4 is 0 Å². The van der Waals surface area contributed by atoms with E-state index in [4.69, 9.17) is 0 Å². The smallest absolute Gasteiger partial charge is 0.0345 e. The number of likely N-dealkylation sites (tertiary alicyclic amines) is 1. The molecule has 1 aliphatic carbocycles. The molecule has 0 radical (unpaired) electrons.